The Kier molecular flexibility index (Phi) is 13.0. The van der Waals surface area contributed by atoms with Gasteiger partial charge in [-0.15, -0.1) is 0 Å². The summed E-state index contributed by atoms with van der Waals surface area (Å²) in [6.45, 7) is 3.85. The Morgan fingerprint density at radius 1 is 0.652 bits per heavy atom. The van der Waals surface area contributed by atoms with Crippen LogP contribution in [0, 0.1) is 0 Å². The number of rotatable bonds is 14. The van der Waals surface area contributed by atoms with Crippen molar-refractivity contribution in [3.63, 3.8) is 0 Å². The van der Waals surface area contributed by atoms with Gasteiger partial charge in [0.25, 0.3) is 0 Å². The van der Waals surface area contributed by atoms with Crippen LogP contribution in [0.15, 0.2) is 12.2 Å². The first-order valence-corrected chi connectivity index (χ1v) is 8.35. The normalized spacial score (nSPS) is 10.2. The summed E-state index contributed by atoms with van der Waals surface area (Å²) in [6.07, 6.45) is 8.18. The monoisotopic (exact) mass is 326 g/mol. The number of ether oxygens (including phenoxy) is 2. The van der Waals surface area contributed by atoms with E-state index in [0.29, 0.717) is 31.3 Å². The predicted octanol–water partition coefficient (Wildman–Crippen LogP) is 3.75. The Labute approximate surface area is 139 Å². The van der Waals surface area contributed by atoms with Gasteiger partial charge in [-0.1, -0.05) is 25.8 Å². The van der Waals surface area contributed by atoms with Crippen LogP contribution in [0.1, 0.15) is 70.6 Å². The minimum Gasteiger partial charge on any atom is -0.469 e. The third kappa shape index (κ3) is 12.6. The molecule has 0 fully saturated rings. The minimum absolute atomic E-state index is 0.130. The van der Waals surface area contributed by atoms with Crippen molar-refractivity contribution in [3.05, 3.63) is 12.2 Å². The van der Waals surface area contributed by atoms with Gasteiger partial charge in [0.05, 0.1) is 14.2 Å². The molecule has 0 spiro atoms. The van der Waals surface area contributed by atoms with Crippen LogP contribution in [-0.4, -0.2) is 31.9 Å². The van der Waals surface area contributed by atoms with Crippen LogP contribution in [0.2, 0.25) is 0 Å². The standard InChI is InChI=1S/C18H30O5/c1-15(11-7-6-10-14-18(21)23-3)16(19)12-8-4-5-9-13-17(20)22-2/h1,4-14H2,2-3H3. The average molecular weight is 326 g/mol. The van der Waals surface area contributed by atoms with E-state index in [9.17, 15) is 14.4 Å². The van der Waals surface area contributed by atoms with Gasteiger partial charge in [-0.05, 0) is 37.7 Å². The van der Waals surface area contributed by atoms with Crippen LogP contribution in [0.4, 0.5) is 0 Å². The number of unbranched alkanes of at least 4 members (excludes halogenated alkanes) is 5. The van der Waals surface area contributed by atoms with E-state index in [1.807, 2.05) is 0 Å². The summed E-state index contributed by atoms with van der Waals surface area (Å²) in [6, 6.07) is 0. The van der Waals surface area contributed by atoms with E-state index >= 15 is 0 Å². The van der Waals surface area contributed by atoms with Crippen molar-refractivity contribution in [3.8, 4) is 0 Å². The molecule has 0 rings (SSSR count). The van der Waals surface area contributed by atoms with Crippen LogP contribution in [0.3, 0.4) is 0 Å². The van der Waals surface area contributed by atoms with Gasteiger partial charge in [0.15, 0.2) is 5.78 Å². The third-order valence-electron chi connectivity index (χ3n) is 3.74. The van der Waals surface area contributed by atoms with Crippen molar-refractivity contribution in [1.29, 1.82) is 0 Å². The zero-order chi connectivity index (χ0) is 17.5. The molecule has 0 radical (unpaired) electrons. The second-order valence-electron chi connectivity index (χ2n) is 5.65. The van der Waals surface area contributed by atoms with E-state index in [4.69, 9.17) is 0 Å². The predicted molar refractivity (Wildman–Crippen MR) is 89.0 cm³/mol. The van der Waals surface area contributed by atoms with Crippen molar-refractivity contribution in [2.75, 3.05) is 14.2 Å². The fraction of sp³-hybridized carbons (Fsp3) is 0.722. The summed E-state index contributed by atoms with van der Waals surface area (Å²) in [5.74, 6) is -0.236. The van der Waals surface area contributed by atoms with E-state index in [0.717, 1.165) is 44.9 Å². The lowest BCUT2D eigenvalue weighted by molar-refractivity contribution is -0.141. The highest BCUT2D eigenvalue weighted by Gasteiger charge is 2.07. The highest BCUT2D eigenvalue weighted by atomic mass is 16.5. The first-order chi connectivity index (χ1) is 11.0. The molecule has 0 heterocycles. The van der Waals surface area contributed by atoms with Crippen molar-refractivity contribution in [2.24, 2.45) is 0 Å². The summed E-state index contributed by atoms with van der Waals surface area (Å²) < 4.78 is 9.14. The molecule has 0 N–H and O–H groups in total. The molecule has 5 nitrogen and oxygen atoms in total. The number of esters is 2. The highest BCUT2D eigenvalue weighted by Crippen LogP contribution is 2.14. The van der Waals surface area contributed by atoms with Gasteiger partial charge in [0.1, 0.15) is 0 Å². The van der Waals surface area contributed by atoms with E-state index in [2.05, 4.69) is 16.1 Å². The third-order valence-corrected chi connectivity index (χ3v) is 3.74. The van der Waals surface area contributed by atoms with Gasteiger partial charge in [0, 0.05) is 19.3 Å². The molecule has 0 bridgehead atoms. The molecule has 0 unspecified atom stereocenters. The van der Waals surface area contributed by atoms with Gasteiger partial charge >= 0.3 is 11.9 Å². The zero-order valence-electron chi connectivity index (χ0n) is 14.5. The molecule has 0 amide bonds. The molecular formula is C18H30O5. The molecule has 0 aliphatic carbocycles. The zero-order valence-corrected chi connectivity index (χ0v) is 14.5. The van der Waals surface area contributed by atoms with Gasteiger partial charge in [-0.3, -0.25) is 14.4 Å². The first kappa shape index (κ1) is 21.4. The quantitative estimate of drug-likeness (QED) is 0.276. The largest absolute Gasteiger partial charge is 0.469 e. The number of carbonyl (C=O) groups is 3. The fourth-order valence-corrected chi connectivity index (χ4v) is 2.21. The molecule has 0 atom stereocenters. The number of Topliss-reactive ketones (excluding diaryl/α,β-unsaturated/α-hetero) is 1. The first-order valence-electron chi connectivity index (χ1n) is 8.35. The van der Waals surface area contributed by atoms with E-state index in [1.165, 1.54) is 14.2 Å². The SMILES string of the molecule is C=C(CCCCCC(=O)OC)C(=O)CCCCCCC(=O)OC. The van der Waals surface area contributed by atoms with Crippen molar-refractivity contribution in [2.45, 2.75) is 70.6 Å². The Balaban J connectivity index is 3.54. The molecule has 0 saturated heterocycles. The second-order valence-corrected chi connectivity index (χ2v) is 5.65. The van der Waals surface area contributed by atoms with Gasteiger partial charge < -0.3 is 9.47 Å². The Morgan fingerprint density at radius 2 is 1.04 bits per heavy atom. The van der Waals surface area contributed by atoms with Crippen LogP contribution >= 0.6 is 0 Å². The molecule has 23 heavy (non-hydrogen) atoms. The van der Waals surface area contributed by atoms with E-state index < -0.39 is 0 Å². The van der Waals surface area contributed by atoms with Crippen molar-refractivity contribution < 1.29 is 23.9 Å². The number of carbonyl (C=O) groups excluding carboxylic acids is 3. The van der Waals surface area contributed by atoms with Crippen molar-refractivity contribution in [1.82, 2.24) is 0 Å². The minimum atomic E-state index is -0.188. The smallest absolute Gasteiger partial charge is 0.305 e. The number of allylic oxidation sites excluding steroid dienone is 1. The Bertz CT molecular complexity index is 387. The molecule has 132 valence electrons. The van der Waals surface area contributed by atoms with Crippen LogP contribution < -0.4 is 0 Å². The summed E-state index contributed by atoms with van der Waals surface area (Å²) >= 11 is 0. The maximum Gasteiger partial charge on any atom is 0.305 e. The summed E-state index contributed by atoms with van der Waals surface area (Å²) in [4.78, 5) is 33.8. The van der Waals surface area contributed by atoms with Crippen LogP contribution in [0.5, 0.6) is 0 Å². The summed E-state index contributed by atoms with van der Waals surface area (Å²) in [5.41, 5.74) is 0.678. The molecule has 5 heteroatoms. The van der Waals surface area contributed by atoms with Gasteiger partial charge in [-0.25, -0.2) is 0 Å². The lowest BCUT2D eigenvalue weighted by Gasteiger charge is -2.05. The molecule has 0 saturated carbocycles. The molecule has 0 aromatic heterocycles. The summed E-state index contributed by atoms with van der Waals surface area (Å²) in [5, 5.41) is 0. The number of hydrogen-bond donors (Lipinski definition) is 0. The highest BCUT2D eigenvalue weighted by molar-refractivity contribution is 5.94. The lowest BCUT2D eigenvalue weighted by Crippen LogP contribution is -2.03. The van der Waals surface area contributed by atoms with E-state index in [-0.39, 0.29) is 17.7 Å². The van der Waals surface area contributed by atoms with Gasteiger partial charge in [-0.2, -0.15) is 0 Å². The maximum atomic E-state index is 11.9. The molecule has 0 aliphatic heterocycles. The van der Waals surface area contributed by atoms with E-state index in [1.54, 1.807) is 0 Å². The van der Waals surface area contributed by atoms with Gasteiger partial charge in [0.2, 0.25) is 0 Å². The summed E-state index contributed by atoms with van der Waals surface area (Å²) in [7, 11) is 2.78. The fourth-order valence-electron chi connectivity index (χ4n) is 2.21. The second kappa shape index (κ2) is 14.0. The molecule has 0 aliphatic rings. The topological polar surface area (TPSA) is 69.7 Å². The Morgan fingerprint density at radius 3 is 1.52 bits per heavy atom. The molecular weight excluding hydrogens is 296 g/mol. The van der Waals surface area contributed by atoms with Crippen LogP contribution in [0.25, 0.3) is 0 Å². The lowest BCUT2D eigenvalue weighted by atomic mass is 10.00. The Hall–Kier alpha value is -1.65. The average Bonchev–Trinajstić information content (AvgIpc) is 2.56. The maximum absolute atomic E-state index is 11.9. The van der Waals surface area contributed by atoms with Crippen LogP contribution in [-0.2, 0) is 23.9 Å². The molecule has 0 aromatic carbocycles. The molecule has 0 aromatic rings. The van der Waals surface area contributed by atoms with Crippen molar-refractivity contribution >= 4 is 17.7 Å². The number of ketones is 1. The number of hydrogen-bond acceptors (Lipinski definition) is 5. The number of methoxy groups -OCH3 is 2.